The minimum absolute atomic E-state index is 0.144. The smallest absolute Gasteiger partial charge is 0.417 e. The van der Waals surface area contributed by atoms with E-state index in [9.17, 15) is 8.42 Å². The highest BCUT2D eigenvalue weighted by Gasteiger charge is 2.16. The van der Waals surface area contributed by atoms with Crippen molar-refractivity contribution >= 4 is 9.84 Å². The van der Waals surface area contributed by atoms with Crippen molar-refractivity contribution < 1.29 is 17.7 Å². The van der Waals surface area contributed by atoms with Gasteiger partial charge in [0.1, 0.15) is 0 Å². The van der Waals surface area contributed by atoms with Gasteiger partial charge in [0.2, 0.25) is 5.82 Å². The molecule has 0 spiro atoms. The van der Waals surface area contributed by atoms with Gasteiger partial charge >= 0.3 is 6.08 Å². The van der Waals surface area contributed by atoms with Crippen molar-refractivity contribution in [2.45, 2.75) is 17.7 Å². The van der Waals surface area contributed by atoms with Crippen LogP contribution < -0.4 is 10.1 Å². The quantitative estimate of drug-likeness (QED) is 0.884. The van der Waals surface area contributed by atoms with Gasteiger partial charge in [0.05, 0.1) is 11.5 Å². The van der Waals surface area contributed by atoms with Crippen LogP contribution in [-0.4, -0.2) is 44.5 Å². The fourth-order valence-electron chi connectivity index (χ4n) is 2.47. The molecular weight excluding hydrogens is 318 g/mol. The van der Waals surface area contributed by atoms with Crippen molar-refractivity contribution in [2.75, 3.05) is 26.0 Å². The number of ether oxygens (including phenoxy) is 1. The summed E-state index contributed by atoms with van der Waals surface area (Å²) >= 11 is 0. The van der Waals surface area contributed by atoms with Gasteiger partial charge < -0.3 is 10.1 Å². The van der Waals surface area contributed by atoms with Crippen LogP contribution in [0.15, 0.2) is 33.7 Å². The summed E-state index contributed by atoms with van der Waals surface area (Å²) in [5.74, 6) is 0.881. The summed E-state index contributed by atoms with van der Waals surface area (Å²) in [6.45, 7) is 2.59. The molecule has 1 aliphatic heterocycles. The lowest BCUT2D eigenvalue weighted by atomic mass is 9.99. The number of sulfone groups is 1. The molecule has 8 heteroatoms. The van der Waals surface area contributed by atoms with Gasteiger partial charge in [-0.3, -0.25) is 4.52 Å². The number of piperidine rings is 1. The minimum Gasteiger partial charge on any atom is -0.449 e. The Morgan fingerprint density at radius 2 is 1.96 bits per heavy atom. The summed E-state index contributed by atoms with van der Waals surface area (Å²) in [6, 6.07) is 6.35. The van der Waals surface area contributed by atoms with Crippen LogP contribution in [0.5, 0.6) is 6.08 Å². The zero-order valence-corrected chi connectivity index (χ0v) is 13.7. The molecule has 7 nitrogen and oxygen atoms in total. The summed E-state index contributed by atoms with van der Waals surface area (Å²) in [7, 11) is -3.21. The number of nitrogens with one attached hydrogen (secondary N) is 1. The molecule has 1 aliphatic rings. The van der Waals surface area contributed by atoms with E-state index >= 15 is 0 Å². The maximum absolute atomic E-state index is 11.4. The molecule has 0 bridgehead atoms. The van der Waals surface area contributed by atoms with Gasteiger partial charge in [-0.15, -0.1) is 0 Å². The van der Waals surface area contributed by atoms with Crippen molar-refractivity contribution in [3.63, 3.8) is 0 Å². The second kappa shape index (κ2) is 6.67. The molecule has 1 aromatic carbocycles. The lowest BCUT2D eigenvalue weighted by Gasteiger charge is -2.21. The molecule has 1 N–H and O–H groups in total. The molecule has 124 valence electrons. The van der Waals surface area contributed by atoms with E-state index in [1.807, 2.05) is 0 Å². The predicted molar refractivity (Wildman–Crippen MR) is 83.9 cm³/mol. The van der Waals surface area contributed by atoms with Crippen molar-refractivity contribution in [2.24, 2.45) is 5.92 Å². The third-order valence-electron chi connectivity index (χ3n) is 3.85. The number of aromatic nitrogens is 2. The Balaban J connectivity index is 1.64. The molecule has 0 amide bonds. The first kappa shape index (κ1) is 15.9. The Hall–Kier alpha value is -1.93. The monoisotopic (exact) mass is 337 g/mol. The summed E-state index contributed by atoms with van der Waals surface area (Å²) in [5.41, 5.74) is 0.679. The van der Waals surface area contributed by atoms with Crippen LogP contribution in [0, 0.1) is 5.92 Å². The lowest BCUT2D eigenvalue weighted by Crippen LogP contribution is -2.30. The van der Waals surface area contributed by atoms with E-state index in [-0.39, 0.29) is 11.0 Å². The normalized spacial score (nSPS) is 16.4. The highest BCUT2D eigenvalue weighted by Crippen LogP contribution is 2.21. The average Bonchev–Trinajstić information content (AvgIpc) is 3.02. The SMILES string of the molecule is CS(=O)(=O)c1ccc(-c2noc(OCC3CCNCC3)n2)cc1. The molecule has 0 radical (unpaired) electrons. The van der Waals surface area contributed by atoms with Crippen LogP contribution in [-0.2, 0) is 9.84 Å². The van der Waals surface area contributed by atoms with Crippen LogP contribution >= 0.6 is 0 Å². The molecule has 0 saturated carbocycles. The molecule has 2 aromatic rings. The number of rotatable bonds is 5. The van der Waals surface area contributed by atoms with E-state index in [0.29, 0.717) is 23.9 Å². The second-order valence-electron chi connectivity index (χ2n) is 5.68. The Morgan fingerprint density at radius 1 is 1.26 bits per heavy atom. The second-order valence-corrected chi connectivity index (χ2v) is 7.70. The molecule has 2 heterocycles. The molecule has 1 saturated heterocycles. The number of benzene rings is 1. The third kappa shape index (κ3) is 4.08. The van der Waals surface area contributed by atoms with Crippen LogP contribution in [0.25, 0.3) is 11.4 Å². The first-order valence-electron chi connectivity index (χ1n) is 7.50. The fourth-order valence-corrected chi connectivity index (χ4v) is 3.10. The van der Waals surface area contributed by atoms with E-state index in [1.165, 1.54) is 18.4 Å². The molecule has 0 aliphatic carbocycles. The van der Waals surface area contributed by atoms with Gasteiger partial charge in [-0.25, -0.2) is 8.42 Å². The maximum atomic E-state index is 11.4. The summed E-state index contributed by atoms with van der Waals surface area (Å²) in [6.07, 6.45) is 3.47. The van der Waals surface area contributed by atoms with Crippen LogP contribution in [0.1, 0.15) is 12.8 Å². The highest BCUT2D eigenvalue weighted by atomic mass is 32.2. The number of nitrogens with zero attached hydrogens (tertiary/aromatic N) is 2. The van der Waals surface area contributed by atoms with E-state index in [2.05, 4.69) is 15.5 Å². The highest BCUT2D eigenvalue weighted by molar-refractivity contribution is 7.90. The third-order valence-corrected chi connectivity index (χ3v) is 4.98. The number of hydrogen-bond donors (Lipinski definition) is 1. The first-order chi connectivity index (χ1) is 11.0. The van der Waals surface area contributed by atoms with Crippen molar-refractivity contribution in [3.8, 4) is 17.5 Å². The van der Waals surface area contributed by atoms with E-state index in [1.54, 1.807) is 12.1 Å². The average molecular weight is 337 g/mol. The van der Waals surface area contributed by atoms with Crippen molar-refractivity contribution in [1.82, 2.24) is 15.5 Å². The van der Waals surface area contributed by atoms with Gasteiger partial charge in [0.15, 0.2) is 9.84 Å². The Labute approximate surface area is 135 Å². The zero-order chi connectivity index (χ0) is 16.3. The zero-order valence-electron chi connectivity index (χ0n) is 12.9. The summed E-state index contributed by atoms with van der Waals surface area (Å²) in [5, 5.41) is 7.17. The maximum Gasteiger partial charge on any atom is 0.417 e. The summed E-state index contributed by atoms with van der Waals surface area (Å²) < 4.78 is 33.5. The topological polar surface area (TPSA) is 94.3 Å². The van der Waals surface area contributed by atoms with Crippen molar-refractivity contribution in [1.29, 1.82) is 0 Å². The van der Waals surface area contributed by atoms with Gasteiger partial charge in [0, 0.05) is 11.8 Å². The van der Waals surface area contributed by atoms with Gasteiger partial charge in [-0.1, -0.05) is 5.16 Å². The summed E-state index contributed by atoms with van der Waals surface area (Å²) in [4.78, 5) is 4.45. The van der Waals surface area contributed by atoms with Crippen LogP contribution in [0.4, 0.5) is 0 Å². The standard InChI is InChI=1S/C15H19N3O4S/c1-23(19,20)13-4-2-12(3-5-13)14-17-15(22-18-14)21-10-11-6-8-16-9-7-11/h2-5,11,16H,6-10H2,1H3. The first-order valence-corrected chi connectivity index (χ1v) is 9.39. The van der Waals surface area contributed by atoms with Crippen LogP contribution in [0.3, 0.4) is 0 Å². The minimum atomic E-state index is -3.21. The molecular formula is C15H19N3O4S. The van der Waals surface area contributed by atoms with E-state index < -0.39 is 9.84 Å². The number of hydrogen-bond acceptors (Lipinski definition) is 7. The lowest BCUT2D eigenvalue weighted by molar-refractivity contribution is 0.155. The molecule has 0 unspecified atom stereocenters. The molecule has 23 heavy (non-hydrogen) atoms. The molecule has 3 rings (SSSR count). The van der Waals surface area contributed by atoms with Gasteiger partial charge in [-0.2, -0.15) is 4.98 Å². The van der Waals surface area contributed by atoms with Crippen molar-refractivity contribution in [3.05, 3.63) is 24.3 Å². The molecule has 1 fully saturated rings. The van der Waals surface area contributed by atoms with Gasteiger partial charge in [0.25, 0.3) is 0 Å². The Morgan fingerprint density at radius 3 is 2.61 bits per heavy atom. The Bertz CT molecular complexity index is 749. The van der Waals surface area contributed by atoms with Gasteiger partial charge in [-0.05, 0) is 56.1 Å². The van der Waals surface area contributed by atoms with E-state index in [4.69, 9.17) is 9.26 Å². The predicted octanol–water partition coefficient (Wildman–Crippen LogP) is 1.52. The molecule has 0 atom stereocenters. The Kier molecular flexibility index (Phi) is 4.63. The van der Waals surface area contributed by atoms with Crippen LogP contribution in [0.2, 0.25) is 0 Å². The fraction of sp³-hybridized carbons (Fsp3) is 0.467. The van der Waals surface area contributed by atoms with E-state index in [0.717, 1.165) is 25.9 Å². The molecule has 1 aromatic heterocycles. The largest absolute Gasteiger partial charge is 0.449 e.